The van der Waals surface area contributed by atoms with E-state index in [2.05, 4.69) is 35.7 Å². The number of hydrazone groups is 1. The molecule has 108 valence electrons. The smallest absolute Gasteiger partial charge is 0.335 e. The summed E-state index contributed by atoms with van der Waals surface area (Å²) in [6.45, 7) is 6.05. The lowest BCUT2D eigenvalue weighted by Crippen LogP contribution is -2.03. The molecule has 0 aliphatic heterocycles. The van der Waals surface area contributed by atoms with E-state index in [1.54, 1.807) is 24.3 Å². The summed E-state index contributed by atoms with van der Waals surface area (Å²) in [5, 5.41) is 13.2. The zero-order valence-corrected chi connectivity index (χ0v) is 12.3. The van der Waals surface area contributed by atoms with E-state index < -0.39 is 5.97 Å². The van der Waals surface area contributed by atoms with Gasteiger partial charge in [-0.2, -0.15) is 5.10 Å². The van der Waals surface area contributed by atoms with Gasteiger partial charge in [-0.1, -0.05) is 17.7 Å². The highest BCUT2D eigenvalue weighted by Gasteiger charge is 2.03. The molecule has 0 fully saturated rings. The molecule has 2 aromatic rings. The summed E-state index contributed by atoms with van der Waals surface area (Å²) in [4.78, 5) is 10.8. The second-order valence-corrected chi connectivity index (χ2v) is 5.01. The van der Waals surface area contributed by atoms with E-state index in [4.69, 9.17) is 5.11 Å². The standard InChI is InChI=1S/C17H18N2O2/c1-11-4-5-12(2)16(10-11)13(3)18-19-15-8-6-14(7-9-15)17(20)21/h4-10,19H,1-3H3,(H,20,21)/b18-13-. The SMILES string of the molecule is C/C(=N/Nc1ccc(C(=O)O)cc1)c1cc(C)ccc1C. The summed E-state index contributed by atoms with van der Waals surface area (Å²) in [7, 11) is 0. The summed E-state index contributed by atoms with van der Waals surface area (Å²) in [6.07, 6.45) is 0. The summed E-state index contributed by atoms with van der Waals surface area (Å²) in [5.74, 6) is -0.934. The number of aromatic carboxylic acids is 1. The van der Waals surface area contributed by atoms with E-state index in [0.717, 1.165) is 17.0 Å². The van der Waals surface area contributed by atoms with Gasteiger partial charge in [-0.05, 0) is 56.7 Å². The van der Waals surface area contributed by atoms with E-state index in [1.165, 1.54) is 11.1 Å². The Morgan fingerprint density at radius 3 is 2.38 bits per heavy atom. The van der Waals surface area contributed by atoms with Gasteiger partial charge < -0.3 is 5.11 Å². The fourth-order valence-electron chi connectivity index (χ4n) is 2.02. The van der Waals surface area contributed by atoms with Crippen LogP contribution in [0.3, 0.4) is 0 Å². The predicted octanol–water partition coefficient (Wildman–Crippen LogP) is 3.84. The number of nitrogens with zero attached hydrogens (tertiary/aromatic N) is 1. The lowest BCUT2D eigenvalue weighted by Gasteiger charge is -2.08. The van der Waals surface area contributed by atoms with Crippen LogP contribution in [-0.2, 0) is 0 Å². The molecule has 0 aliphatic carbocycles. The van der Waals surface area contributed by atoms with E-state index in [1.807, 2.05) is 13.8 Å². The predicted molar refractivity (Wildman–Crippen MR) is 85.2 cm³/mol. The highest BCUT2D eigenvalue weighted by molar-refractivity contribution is 6.00. The molecule has 0 heterocycles. The van der Waals surface area contributed by atoms with Crippen LogP contribution in [0.2, 0.25) is 0 Å². The number of nitrogens with one attached hydrogen (secondary N) is 1. The number of aryl methyl sites for hydroxylation is 2. The minimum absolute atomic E-state index is 0.260. The molecular formula is C17H18N2O2. The van der Waals surface area contributed by atoms with E-state index in [9.17, 15) is 4.79 Å². The Labute approximate surface area is 124 Å². The van der Waals surface area contributed by atoms with Gasteiger partial charge in [0.1, 0.15) is 0 Å². The normalized spacial score (nSPS) is 11.3. The Morgan fingerprint density at radius 2 is 1.76 bits per heavy atom. The van der Waals surface area contributed by atoms with Gasteiger partial charge in [0.05, 0.1) is 17.0 Å². The lowest BCUT2D eigenvalue weighted by molar-refractivity contribution is 0.0697. The summed E-state index contributed by atoms with van der Waals surface area (Å²) in [5.41, 5.74) is 8.32. The van der Waals surface area contributed by atoms with Crippen LogP contribution in [0.15, 0.2) is 47.6 Å². The number of hydrogen-bond acceptors (Lipinski definition) is 3. The maximum atomic E-state index is 10.8. The number of carboxylic acid groups (broad SMARTS) is 1. The van der Waals surface area contributed by atoms with Crippen molar-refractivity contribution < 1.29 is 9.90 Å². The van der Waals surface area contributed by atoms with Crippen molar-refractivity contribution in [3.63, 3.8) is 0 Å². The number of anilines is 1. The number of carbonyl (C=O) groups is 1. The van der Waals surface area contributed by atoms with Crippen molar-refractivity contribution in [3.05, 3.63) is 64.7 Å². The monoisotopic (exact) mass is 282 g/mol. The van der Waals surface area contributed by atoms with Crippen molar-refractivity contribution in [2.24, 2.45) is 5.10 Å². The van der Waals surface area contributed by atoms with Gasteiger partial charge in [-0.25, -0.2) is 4.79 Å². The minimum Gasteiger partial charge on any atom is -0.478 e. The Kier molecular flexibility index (Phi) is 4.38. The second-order valence-electron chi connectivity index (χ2n) is 5.01. The average molecular weight is 282 g/mol. The fourth-order valence-corrected chi connectivity index (χ4v) is 2.02. The van der Waals surface area contributed by atoms with Crippen LogP contribution in [0.1, 0.15) is 34.0 Å². The van der Waals surface area contributed by atoms with Crippen LogP contribution < -0.4 is 5.43 Å². The first-order chi connectivity index (χ1) is 9.97. The van der Waals surface area contributed by atoms with Gasteiger partial charge >= 0.3 is 5.97 Å². The molecule has 0 saturated carbocycles. The van der Waals surface area contributed by atoms with Crippen LogP contribution in [-0.4, -0.2) is 16.8 Å². The van der Waals surface area contributed by atoms with Crippen LogP contribution in [0.5, 0.6) is 0 Å². The number of hydrogen-bond donors (Lipinski definition) is 2. The van der Waals surface area contributed by atoms with Gasteiger partial charge in [-0.15, -0.1) is 0 Å². The summed E-state index contributed by atoms with van der Waals surface area (Å²) in [6, 6.07) is 12.7. The minimum atomic E-state index is -0.934. The summed E-state index contributed by atoms with van der Waals surface area (Å²) < 4.78 is 0. The number of rotatable bonds is 4. The Hall–Kier alpha value is -2.62. The third kappa shape index (κ3) is 3.69. The van der Waals surface area contributed by atoms with E-state index >= 15 is 0 Å². The molecule has 0 amide bonds. The van der Waals surface area contributed by atoms with Gasteiger partial charge in [0.25, 0.3) is 0 Å². The zero-order valence-electron chi connectivity index (χ0n) is 12.3. The first kappa shape index (κ1) is 14.8. The molecule has 2 N–H and O–H groups in total. The molecule has 0 bridgehead atoms. The molecule has 0 saturated heterocycles. The highest BCUT2D eigenvalue weighted by atomic mass is 16.4. The van der Waals surface area contributed by atoms with Crippen LogP contribution in [0, 0.1) is 13.8 Å². The van der Waals surface area contributed by atoms with Crippen molar-refractivity contribution in [3.8, 4) is 0 Å². The first-order valence-electron chi connectivity index (χ1n) is 6.68. The van der Waals surface area contributed by atoms with Crippen molar-refractivity contribution in [2.75, 3.05) is 5.43 Å². The zero-order chi connectivity index (χ0) is 15.4. The first-order valence-corrected chi connectivity index (χ1v) is 6.68. The van der Waals surface area contributed by atoms with E-state index in [-0.39, 0.29) is 5.56 Å². The molecule has 4 heteroatoms. The lowest BCUT2D eigenvalue weighted by atomic mass is 10.0. The topological polar surface area (TPSA) is 61.7 Å². The quantitative estimate of drug-likeness (QED) is 0.661. The molecule has 0 atom stereocenters. The molecule has 2 rings (SSSR count). The second kappa shape index (κ2) is 6.22. The molecule has 2 aromatic carbocycles. The molecule has 21 heavy (non-hydrogen) atoms. The largest absolute Gasteiger partial charge is 0.478 e. The van der Waals surface area contributed by atoms with Crippen molar-refractivity contribution in [2.45, 2.75) is 20.8 Å². The molecular weight excluding hydrogens is 264 g/mol. The Balaban J connectivity index is 2.16. The van der Waals surface area contributed by atoms with Gasteiger partial charge in [-0.3, -0.25) is 5.43 Å². The van der Waals surface area contributed by atoms with Crippen LogP contribution >= 0.6 is 0 Å². The number of carboxylic acids is 1. The highest BCUT2D eigenvalue weighted by Crippen LogP contribution is 2.13. The third-order valence-corrected chi connectivity index (χ3v) is 3.27. The van der Waals surface area contributed by atoms with Gasteiger partial charge in [0, 0.05) is 5.56 Å². The molecule has 0 radical (unpaired) electrons. The Morgan fingerprint density at radius 1 is 1.10 bits per heavy atom. The third-order valence-electron chi connectivity index (χ3n) is 3.27. The van der Waals surface area contributed by atoms with Gasteiger partial charge in [0.2, 0.25) is 0 Å². The van der Waals surface area contributed by atoms with Crippen molar-refractivity contribution in [1.29, 1.82) is 0 Å². The van der Waals surface area contributed by atoms with Crippen molar-refractivity contribution in [1.82, 2.24) is 0 Å². The van der Waals surface area contributed by atoms with Crippen LogP contribution in [0.25, 0.3) is 0 Å². The maximum absolute atomic E-state index is 10.8. The van der Waals surface area contributed by atoms with Crippen LogP contribution in [0.4, 0.5) is 5.69 Å². The maximum Gasteiger partial charge on any atom is 0.335 e. The molecule has 0 spiro atoms. The number of benzene rings is 2. The molecule has 0 aromatic heterocycles. The summed E-state index contributed by atoms with van der Waals surface area (Å²) >= 11 is 0. The molecule has 0 unspecified atom stereocenters. The molecule has 0 aliphatic rings. The van der Waals surface area contributed by atoms with Crippen molar-refractivity contribution >= 4 is 17.4 Å². The average Bonchev–Trinajstić information content (AvgIpc) is 2.47. The van der Waals surface area contributed by atoms with Gasteiger partial charge in [0.15, 0.2) is 0 Å². The van der Waals surface area contributed by atoms with E-state index in [0.29, 0.717) is 0 Å². The molecule has 4 nitrogen and oxygen atoms in total. The Bertz CT molecular complexity index is 688. The fraction of sp³-hybridized carbons (Fsp3) is 0.176.